The fraction of sp³-hybridized carbons (Fsp3) is 0.357. The maximum Gasteiger partial charge on any atom is 0.260 e. The Morgan fingerprint density at radius 3 is 2.90 bits per heavy atom. The highest BCUT2D eigenvalue weighted by Crippen LogP contribution is 2.11. The summed E-state index contributed by atoms with van der Waals surface area (Å²) in [7, 11) is 0. The molecule has 2 aromatic rings. The van der Waals surface area contributed by atoms with Crippen LogP contribution in [0, 0.1) is 13.8 Å². The molecule has 0 aliphatic heterocycles. The van der Waals surface area contributed by atoms with Gasteiger partial charge in [0.2, 0.25) is 0 Å². The lowest BCUT2D eigenvalue weighted by molar-refractivity contribution is 0.102. The molecule has 1 amide bonds. The van der Waals surface area contributed by atoms with Gasteiger partial charge in [-0.1, -0.05) is 6.07 Å². The van der Waals surface area contributed by atoms with Crippen LogP contribution in [0.5, 0.6) is 0 Å². The summed E-state index contributed by atoms with van der Waals surface area (Å²) < 4.78 is 1.80. The highest BCUT2D eigenvalue weighted by molar-refractivity contribution is 6.04. The zero-order valence-electron chi connectivity index (χ0n) is 11.8. The Balaban J connectivity index is 2.11. The van der Waals surface area contributed by atoms with E-state index < -0.39 is 0 Å². The van der Waals surface area contributed by atoms with E-state index in [0.717, 1.165) is 24.4 Å². The van der Waals surface area contributed by atoms with E-state index in [2.05, 4.69) is 15.4 Å². The second kappa shape index (κ2) is 6.29. The van der Waals surface area contributed by atoms with Gasteiger partial charge in [-0.15, -0.1) is 0 Å². The van der Waals surface area contributed by atoms with E-state index in [1.54, 1.807) is 16.9 Å². The minimum atomic E-state index is -0.195. The predicted octanol–water partition coefficient (Wildman–Crippen LogP) is 1.50. The first-order valence-electron chi connectivity index (χ1n) is 6.59. The lowest BCUT2D eigenvalue weighted by Gasteiger charge is -2.06. The maximum absolute atomic E-state index is 12.2. The number of aryl methyl sites for hydroxylation is 2. The molecular weight excluding hydrogens is 254 g/mol. The number of pyridine rings is 1. The van der Waals surface area contributed by atoms with E-state index in [0.29, 0.717) is 17.9 Å². The zero-order valence-corrected chi connectivity index (χ0v) is 11.8. The third-order valence-electron chi connectivity index (χ3n) is 3.05. The SMILES string of the molecule is Cc1cccc(NC(=O)c2cnn(CCCN)c2C)n1. The van der Waals surface area contributed by atoms with Gasteiger partial charge in [0, 0.05) is 17.9 Å². The fourth-order valence-electron chi connectivity index (χ4n) is 1.93. The van der Waals surface area contributed by atoms with Gasteiger partial charge in [-0.2, -0.15) is 5.10 Å². The van der Waals surface area contributed by atoms with Crippen LogP contribution in [0.25, 0.3) is 0 Å². The van der Waals surface area contributed by atoms with Crippen LogP contribution in [0.4, 0.5) is 5.82 Å². The van der Waals surface area contributed by atoms with Crippen LogP contribution in [0.15, 0.2) is 24.4 Å². The van der Waals surface area contributed by atoms with Crippen LogP contribution < -0.4 is 11.1 Å². The number of hydrogen-bond donors (Lipinski definition) is 2. The summed E-state index contributed by atoms with van der Waals surface area (Å²) in [6.45, 7) is 5.08. The molecule has 2 aromatic heterocycles. The lowest BCUT2D eigenvalue weighted by Crippen LogP contribution is -2.15. The van der Waals surface area contributed by atoms with E-state index in [1.165, 1.54) is 0 Å². The first-order chi connectivity index (χ1) is 9.61. The molecule has 2 rings (SSSR count). The minimum absolute atomic E-state index is 0.195. The third kappa shape index (κ3) is 3.21. The summed E-state index contributed by atoms with van der Waals surface area (Å²) >= 11 is 0. The number of carbonyl (C=O) groups excluding carboxylic acids is 1. The molecule has 0 atom stereocenters. The number of anilines is 1. The summed E-state index contributed by atoms with van der Waals surface area (Å²) in [6, 6.07) is 5.50. The Bertz CT molecular complexity index is 605. The van der Waals surface area contributed by atoms with E-state index in [4.69, 9.17) is 5.73 Å². The van der Waals surface area contributed by atoms with Gasteiger partial charge in [-0.25, -0.2) is 4.98 Å². The monoisotopic (exact) mass is 273 g/mol. The molecule has 0 spiro atoms. The van der Waals surface area contributed by atoms with Crippen LogP contribution in [0.2, 0.25) is 0 Å². The molecule has 0 saturated carbocycles. The minimum Gasteiger partial charge on any atom is -0.330 e. The lowest BCUT2D eigenvalue weighted by atomic mass is 10.2. The van der Waals surface area contributed by atoms with Gasteiger partial charge in [0.25, 0.3) is 5.91 Å². The highest BCUT2D eigenvalue weighted by Gasteiger charge is 2.14. The molecule has 0 aromatic carbocycles. The number of carbonyl (C=O) groups is 1. The van der Waals surface area contributed by atoms with Gasteiger partial charge in [-0.05, 0) is 38.9 Å². The smallest absolute Gasteiger partial charge is 0.260 e. The Morgan fingerprint density at radius 2 is 2.20 bits per heavy atom. The summed E-state index contributed by atoms with van der Waals surface area (Å²) in [6.07, 6.45) is 2.42. The van der Waals surface area contributed by atoms with Crippen LogP contribution in [0.1, 0.15) is 28.2 Å². The van der Waals surface area contributed by atoms with Crippen molar-refractivity contribution in [1.29, 1.82) is 0 Å². The van der Waals surface area contributed by atoms with E-state index in [9.17, 15) is 4.79 Å². The van der Waals surface area contributed by atoms with Crippen molar-refractivity contribution in [3.63, 3.8) is 0 Å². The first-order valence-corrected chi connectivity index (χ1v) is 6.59. The summed E-state index contributed by atoms with van der Waals surface area (Å²) in [5.74, 6) is 0.351. The topological polar surface area (TPSA) is 85.8 Å². The second-order valence-corrected chi connectivity index (χ2v) is 4.63. The molecule has 20 heavy (non-hydrogen) atoms. The van der Waals surface area contributed by atoms with Crippen molar-refractivity contribution in [2.75, 3.05) is 11.9 Å². The Hall–Kier alpha value is -2.21. The number of nitrogens with one attached hydrogen (secondary N) is 1. The normalized spacial score (nSPS) is 10.6. The quantitative estimate of drug-likeness (QED) is 0.864. The first kappa shape index (κ1) is 14.2. The van der Waals surface area contributed by atoms with Gasteiger partial charge in [0.1, 0.15) is 5.82 Å². The fourth-order valence-corrected chi connectivity index (χ4v) is 1.93. The van der Waals surface area contributed by atoms with Crippen molar-refractivity contribution < 1.29 is 4.79 Å². The Labute approximate surface area is 118 Å². The van der Waals surface area contributed by atoms with Gasteiger partial charge in [0.15, 0.2) is 0 Å². The molecule has 0 aliphatic carbocycles. The molecule has 0 unspecified atom stereocenters. The summed E-state index contributed by atoms with van der Waals surface area (Å²) in [5, 5.41) is 6.99. The summed E-state index contributed by atoms with van der Waals surface area (Å²) in [4.78, 5) is 16.5. The molecule has 2 heterocycles. The second-order valence-electron chi connectivity index (χ2n) is 4.63. The molecule has 0 radical (unpaired) electrons. The standard InChI is InChI=1S/C14H19N5O/c1-10-5-3-6-13(17-10)18-14(20)12-9-16-19(11(12)2)8-4-7-15/h3,5-6,9H,4,7-8,15H2,1-2H3,(H,17,18,20). The average Bonchev–Trinajstić information content (AvgIpc) is 2.78. The van der Waals surface area contributed by atoms with Gasteiger partial charge in [0.05, 0.1) is 11.8 Å². The van der Waals surface area contributed by atoms with Gasteiger partial charge >= 0.3 is 0 Å². The van der Waals surface area contributed by atoms with Crippen molar-refractivity contribution in [2.45, 2.75) is 26.8 Å². The zero-order chi connectivity index (χ0) is 14.5. The Kier molecular flexibility index (Phi) is 4.47. The van der Waals surface area contributed by atoms with Crippen LogP contribution in [-0.2, 0) is 6.54 Å². The maximum atomic E-state index is 12.2. The Morgan fingerprint density at radius 1 is 1.40 bits per heavy atom. The van der Waals surface area contributed by atoms with E-state index in [1.807, 2.05) is 26.0 Å². The molecule has 0 aliphatic rings. The van der Waals surface area contributed by atoms with Crippen molar-refractivity contribution in [2.24, 2.45) is 5.73 Å². The van der Waals surface area contributed by atoms with E-state index in [-0.39, 0.29) is 5.91 Å². The highest BCUT2D eigenvalue weighted by atomic mass is 16.1. The molecule has 0 bridgehead atoms. The van der Waals surface area contributed by atoms with E-state index >= 15 is 0 Å². The predicted molar refractivity (Wildman–Crippen MR) is 77.6 cm³/mol. The van der Waals surface area contributed by atoms with Crippen LogP contribution in [0.3, 0.4) is 0 Å². The number of nitrogens with two attached hydrogens (primary N) is 1. The summed E-state index contributed by atoms with van der Waals surface area (Å²) in [5.41, 5.74) is 7.74. The molecular formula is C14H19N5O. The molecule has 6 heteroatoms. The van der Waals surface area contributed by atoms with Crippen LogP contribution in [-0.4, -0.2) is 27.2 Å². The number of nitrogens with zero attached hydrogens (tertiary/aromatic N) is 3. The number of amides is 1. The molecule has 0 fully saturated rings. The van der Waals surface area contributed by atoms with Crippen molar-refractivity contribution in [3.8, 4) is 0 Å². The number of hydrogen-bond acceptors (Lipinski definition) is 4. The molecule has 6 nitrogen and oxygen atoms in total. The molecule has 106 valence electrons. The third-order valence-corrected chi connectivity index (χ3v) is 3.05. The number of rotatable bonds is 5. The van der Waals surface area contributed by atoms with Gasteiger partial charge in [-0.3, -0.25) is 9.48 Å². The van der Waals surface area contributed by atoms with Crippen molar-refractivity contribution >= 4 is 11.7 Å². The van der Waals surface area contributed by atoms with Crippen molar-refractivity contribution in [3.05, 3.63) is 41.3 Å². The average molecular weight is 273 g/mol. The largest absolute Gasteiger partial charge is 0.330 e. The van der Waals surface area contributed by atoms with Crippen molar-refractivity contribution in [1.82, 2.24) is 14.8 Å². The number of aromatic nitrogens is 3. The molecule has 3 N–H and O–H groups in total. The van der Waals surface area contributed by atoms with Gasteiger partial charge < -0.3 is 11.1 Å². The van der Waals surface area contributed by atoms with Crippen LogP contribution >= 0.6 is 0 Å². The molecule has 0 saturated heterocycles.